The van der Waals surface area contributed by atoms with Gasteiger partial charge in [-0.2, -0.15) is 0 Å². The summed E-state index contributed by atoms with van der Waals surface area (Å²) in [6, 6.07) is 40.5. The van der Waals surface area contributed by atoms with Crippen LogP contribution in [0.5, 0.6) is 0 Å². The highest BCUT2D eigenvalue weighted by Crippen LogP contribution is 2.40. The van der Waals surface area contributed by atoms with Gasteiger partial charge in [0.1, 0.15) is 0 Å². The van der Waals surface area contributed by atoms with Crippen molar-refractivity contribution in [2.45, 2.75) is 26.2 Å². The van der Waals surface area contributed by atoms with Crippen molar-refractivity contribution in [1.29, 1.82) is 0 Å². The maximum Gasteiger partial charge on any atom is 0.0541 e. The normalized spacial score (nSPS) is 12.4. The van der Waals surface area contributed by atoms with Crippen LogP contribution in [0.4, 0.5) is 0 Å². The summed E-state index contributed by atoms with van der Waals surface area (Å²) in [5.41, 5.74) is 13.3. The number of fused-ring (bicyclic) bond motifs is 6. The van der Waals surface area contributed by atoms with Crippen LogP contribution in [0.25, 0.3) is 49.7 Å². The third kappa shape index (κ3) is 3.15. The molecule has 0 atom stereocenters. The summed E-state index contributed by atoms with van der Waals surface area (Å²) in [6.07, 6.45) is 1.04. The molecule has 0 spiro atoms. The molecule has 0 radical (unpaired) electrons. The van der Waals surface area contributed by atoms with Gasteiger partial charge in [-0.25, -0.2) is 0 Å². The van der Waals surface area contributed by atoms with Crippen LogP contribution in [-0.2, 0) is 6.42 Å². The molecule has 0 N–H and O–H groups in total. The van der Waals surface area contributed by atoms with Crippen molar-refractivity contribution < 1.29 is 0 Å². The van der Waals surface area contributed by atoms with E-state index >= 15 is 0 Å². The van der Waals surface area contributed by atoms with Crippen LogP contribution in [0.2, 0.25) is 0 Å². The van der Waals surface area contributed by atoms with Gasteiger partial charge in [-0.1, -0.05) is 86.6 Å². The van der Waals surface area contributed by atoms with Crippen LogP contribution in [0.15, 0.2) is 109 Å². The number of para-hydroxylation sites is 1. The Morgan fingerprint density at radius 3 is 2.23 bits per heavy atom. The van der Waals surface area contributed by atoms with Gasteiger partial charge in [0, 0.05) is 16.5 Å². The molecule has 0 unspecified atom stereocenters. The summed E-state index contributed by atoms with van der Waals surface area (Å²) in [6.45, 7) is 4.51. The maximum atomic E-state index is 2.42. The van der Waals surface area contributed by atoms with Gasteiger partial charge in [-0.15, -0.1) is 0 Å². The lowest BCUT2D eigenvalue weighted by molar-refractivity contribution is 0.864. The first-order valence-corrected chi connectivity index (χ1v) is 12.5. The van der Waals surface area contributed by atoms with E-state index in [0.29, 0.717) is 5.92 Å². The second-order valence-corrected chi connectivity index (χ2v) is 10.0. The molecule has 0 saturated carbocycles. The fourth-order valence-corrected chi connectivity index (χ4v) is 5.76. The van der Waals surface area contributed by atoms with Gasteiger partial charge in [0.15, 0.2) is 0 Å². The molecule has 0 saturated heterocycles. The fraction of sp³-hybridized carbons (Fsp3) is 0.118. The first-order chi connectivity index (χ1) is 17.2. The molecule has 0 aliphatic heterocycles. The van der Waals surface area contributed by atoms with E-state index in [0.717, 1.165) is 6.42 Å². The van der Waals surface area contributed by atoms with Crippen LogP contribution >= 0.6 is 0 Å². The highest BCUT2D eigenvalue weighted by atomic mass is 15.0. The van der Waals surface area contributed by atoms with Crippen LogP contribution in [0.1, 0.15) is 36.5 Å². The molecule has 0 fully saturated rings. The molecule has 1 heterocycles. The first-order valence-electron chi connectivity index (χ1n) is 12.5. The maximum absolute atomic E-state index is 2.42. The Labute approximate surface area is 206 Å². The van der Waals surface area contributed by atoms with Crippen LogP contribution in [-0.4, -0.2) is 4.57 Å². The van der Waals surface area contributed by atoms with Gasteiger partial charge in [0.25, 0.3) is 0 Å². The Morgan fingerprint density at radius 2 is 1.31 bits per heavy atom. The quantitative estimate of drug-likeness (QED) is 0.253. The van der Waals surface area contributed by atoms with Gasteiger partial charge < -0.3 is 4.57 Å². The van der Waals surface area contributed by atoms with Crippen LogP contribution in [0.3, 0.4) is 0 Å². The predicted molar refractivity (Wildman–Crippen MR) is 149 cm³/mol. The van der Waals surface area contributed by atoms with Crippen molar-refractivity contribution in [2.75, 3.05) is 0 Å². The van der Waals surface area contributed by atoms with E-state index in [2.05, 4.69) is 128 Å². The summed E-state index contributed by atoms with van der Waals surface area (Å²) < 4.78 is 2.42. The Balaban J connectivity index is 1.42. The molecule has 1 heteroatoms. The van der Waals surface area contributed by atoms with Crippen molar-refractivity contribution in [1.82, 2.24) is 4.57 Å². The molecule has 7 rings (SSSR count). The number of benzene rings is 5. The second-order valence-electron chi connectivity index (χ2n) is 10.0. The number of rotatable bonds is 3. The Morgan fingerprint density at radius 1 is 0.571 bits per heavy atom. The highest BCUT2D eigenvalue weighted by Gasteiger charge is 2.19. The predicted octanol–water partition coefficient (Wildman–Crippen LogP) is 9.15. The van der Waals surface area contributed by atoms with Gasteiger partial charge >= 0.3 is 0 Å². The van der Waals surface area contributed by atoms with Gasteiger partial charge in [-0.3, -0.25) is 0 Å². The monoisotopic (exact) mass is 449 g/mol. The summed E-state index contributed by atoms with van der Waals surface area (Å²) in [5.74, 6) is 0.500. The van der Waals surface area contributed by atoms with E-state index in [1.54, 1.807) is 0 Å². The number of nitrogens with zero attached hydrogens (tertiary/aromatic N) is 1. The van der Waals surface area contributed by atoms with Crippen molar-refractivity contribution >= 4 is 21.8 Å². The minimum absolute atomic E-state index is 0.500. The van der Waals surface area contributed by atoms with Crippen molar-refractivity contribution in [2.24, 2.45) is 0 Å². The molecule has 168 valence electrons. The summed E-state index contributed by atoms with van der Waals surface area (Å²) in [4.78, 5) is 0. The lowest BCUT2D eigenvalue weighted by Gasteiger charge is -2.12. The van der Waals surface area contributed by atoms with Crippen molar-refractivity contribution in [3.8, 4) is 27.9 Å². The molecule has 6 aromatic rings. The van der Waals surface area contributed by atoms with Crippen molar-refractivity contribution in [3.63, 3.8) is 0 Å². The van der Waals surface area contributed by atoms with E-state index in [9.17, 15) is 0 Å². The zero-order chi connectivity index (χ0) is 23.5. The Bertz CT molecular complexity index is 1750. The van der Waals surface area contributed by atoms with Crippen molar-refractivity contribution in [3.05, 3.63) is 126 Å². The van der Waals surface area contributed by atoms with E-state index in [-0.39, 0.29) is 0 Å². The molecule has 1 aromatic heterocycles. The Hall–Kier alpha value is -4.10. The number of hydrogen-bond donors (Lipinski definition) is 0. The molecule has 5 aromatic carbocycles. The average molecular weight is 450 g/mol. The van der Waals surface area contributed by atoms with Crippen LogP contribution in [0, 0.1) is 0 Å². The molecular weight excluding hydrogens is 422 g/mol. The SMILES string of the molecule is CC(C)c1cccc(-n2c3ccccc3c3cc(-c4ccc5c(c4)-c4ccccc4C5)ccc32)c1. The minimum Gasteiger partial charge on any atom is -0.309 e. The average Bonchev–Trinajstić information content (AvgIpc) is 3.43. The lowest BCUT2D eigenvalue weighted by Crippen LogP contribution is -1.96. The molecule has 0 bridgehead atoms. The number of aromatic nitrogens is 1. The summed E-state index contributed by atoms with van der Waals surface area (Å²) in [5, 5.41) is 2.60. The largest absolute Gasteiger partial charge is 0.309 e. The molecular formula is C34H27N. The molecule has 1 aliphatic carbocycles. The zero-order valence-corrected chi connectivity index (χ0v) is 20.1. The molecule has 1 aliphatic rings. The standard InChI is InChI=1S/C34H27N/c1-22(2)23-9-7-10-28(19-23)35-33-13-6-5-12-30(33)32-21-25(16-17-34(32)35)24-14-15-27-18-26-8-3-4-11-29(26)31(27)20-24/h3-17,19-22H,18H2,1-2H3. The Kier molecular flexibility index (Phi) is 4.47. The van der Waals surface area contributed by atoms with Gasteiger partial charge in [-0.05, 0) is 87.7 Å². The van der Waals surface area contributed by atoms with Crippen LogP contribution < -0.4 is 0 Å². The smallest absolute Gasteiger partial charge is 0.0541 e. The molecule has 35 heavy (non-hydrogen) atoms. The minimum atomic E-state index is 0.500. The van der Waals surface area contributed by atoms with E-state index < -0.39 is 0 Å². The molecule has 0 amide bonds. The highest BCUT2D eigenvalue weighted by molar-refractivity contribution is 6.10. The molecule has 1 nitrogen and oxygen atoms in total. The second kappa shape index (κ2) is 7.71. The van der Waals surface area contributed by atoms with Gasteiger partial charge in [0.05, 0.1) is 11.0 Å². The van der Waals surface area contributed by atoms with E-state index in [4.69, 9.17) is 0 Å². The summed E-state index contributed by atoms with van der Waals surface area (Å²) >= 11 is 0. The zero-order valence-electron chi connectivity index (χ0n) is 20.1. The summed E-state index contributed by atoms with van der Waals surface area (Å²) in [7, 11) is 0. The number of hydrogen-bond acceptors (Lipinski definition) is 0. The fourth-order valence-electron chi connectivity index (χ4n) is 5.76. The topological polar surface area (TPSA) is 4.93 Å². The van der Waals surface area contributed by atoms with E-state index in [1.807, 2.05) is 0 Å². The van der Waals surface area contributed by atoms with Gasteiger partial charge in [0.2, 0.25) is 0 Å². The third-order valence-electron chi connectivity index (χ3n) is 7.60. The third-order valence-corrected chi connectivity index (χ3v) is 7.60. The van der Waals surface area contributed by atoms with E-state index in [1.165, 1.54) is 66.4 Å². The first kappa shape index (κ1) is 20.3. The lowest BCUT2D eigenvalue weighted by atomic mass is 9.97.